The molecule has 2 aromatic heterocycles. The first-order valence-electron chi connectivity index (χ1n) is 9.00. The Kier molecular flexibility index (Phi) is 4.65. The van der Waals surface area contributed by atoms with E-state index in [1.807, 2.05) is 0 Å². The molecular weight excluding hydrogens is 320 g/mol. The Balaban J connectivity index is 1.35. The molecule has 4 rings (SSSR count). The molecule has 2 aromatic rings. The van der Waals surface area contributed by atoms with Crippen molar-refractivity contribution in [3.8, 4) is 0 Å². The second-order valence-corrected chi connectivity index (χ2v) is 8.07. The molecule has 6 nitrogen and oxygen atoms in total. The molecular formula is C17H26N6S. The van der Waals surface area contributed by atoms with Crippen molar-refractivity contribution in [2.45, 2.75) is 58.2 Å². The lowest BCUT2D eigenvalue weighted by atomic mass is 9.95. The molecule has 2 aliphatic heterocycles. The maximum Gasteiger partial charge on any atom is 0.147 e. The minimum absolute atomic E-state index is 0.531. The SMILES string of the molecule is CC(C)c1nc(CN2CCC(c3nnc4n3CCNC4)CC2)cs1. The Morgan fingerprint density at radius 2 is 2.08 bits per heavy atom. The summed E-state index contributed by atoms with van der Waals surface area (Å²) >= 11 is 1.79. The predicted molar refractivity (Wildman–Crippen MR) is 95.2 cm³/mol. The molecule has 7 heteroatoms. The summed E-state index contributed by atoms with van der Waals surface area (Å²) in [7, 11) is 0. The minimum atomic E-state index is 0.531. The van der Waals surface area contributed by atoms with Gasteiger partial charge in [-0.15, -0.1) is 21.5 Å². The lowest BCUT2D eigenvalue weighted by molar-refractivity contribution is 0.197. The summed E-state index contributed by atoms with van der Waals surface area (Å²) in [6, 6.07) is 0. The third kappa shape index (κ3) is 3.25. The Bertz CT molecular complexity index is 683. The van der Waals surface area contributed by atoms with E-state index in [0.29, 0.717) is 11.8 Å². The Morgan fingerprint density at radius 1 is 1.25 bits per heavy atom. The number of nitrogens with zero attached hydrogens (tertiary/aromatic N) is 5. The number of nitrogens with one attached hydrogen (secondary N) is 1. The van der Waals surface area contributed by atoms with E-state index < -0.39 is 0 Å². The molecule has 1 N–H and O–H groups in total. The fourth-order valence-electron chi connectivity index (χ4n) is 3.66. The van der Waals surface area contributed by atoms with Gasteiger partial charge < -0.3 is 9.88 Å². The highest BCUT2D eigenvalue weighted by Gasteiger charge is 2.27. The summed E-state index contributed by atoms with van der Waals surface area (Å²) < 4.78 is 2.34. The number of likely N-dealkylation sites (tertiary alicyclic amines) is 1. The van der Waals surface area contributed by atoms with Gasteiger partial charge in [0.1, 0.15) is 11.6 Å². The summed E-state index contributed by atoms with van der Waals surface area (Å²) in [6.45, 7) is 10.5. The summed E-state index contributed by atoms with van der Waals surface area (Å²) in [5.74, 6) is 3.40. The van der Waals surface area contributed by atoms with Crippen LogP contribution in [0, 0.1) is 0 Å². The van der Waals surface area contributed by atoms with Crippen molar-refractivity contribution in [2.75, 3.05) is 19.6 Å². The molecule has 0 spiro atoms. The molecule has 4 heterocycles. The monoisotopic (exact) mass is 346 g/mol. The molecule has 0 atom stereocenters. The van der Waals surface area contributed by atoms with Crippen LogP contribution in [-0.4, -0.2) is 44.3 Å². The lowest BCUT2D eigenvalue weighted by Gasteiger charge is -2.31. The van der Waals surface area contributed by atoms with E-state index in [-0.39, 0.29) is 0 Å². The zero-order chi connectivity index (χ0) is 16.5. The quantitative estimate of drug-likeness (QED) is 0.921. The molecule has 0 radical (unpaired) electrons. The van der Waals surface area contributed by atoms with Crippen molar-refractivity contribution in [2.24, 2.45) is 0 Å². The molecule has 0 bridgehead atoms. The summed E-state index contributed by atoms with van der Waals surface area (Å²) in [4.78, 5) is 7.31. The van der Waals surface area contributed by atoms with Gasteiger partial charge in [0.15, 0.2) is 0 Å². The first-order valence-corrected chi connectivity index (χ1v) is 9.88. The highest BCUT2D eigenvalue weighted by Crippen LogP contribution is 2.29. The lowest BCUT2D eigenvalue weighted by Crippen LogP contribution is -2.34. The first kappa shape index (κ1) is 16.2. The van der Waals surface area contributed by atoms with Crippen LogP contribution in [0.25, 0.3) is 0 Å². The number of hydrogen-bond donors (Lipinski definition) is 1. The number of fused-ring (bicyclic) bond motifs is 1. The van der Waals surface area contributed by atoms with Crippen molar-refractivity contribution < 1.29 is 0 Å². The molecule has 1 saturated heterocycles. The molecule has 0 aliphatic carbocycles. The van der Waals surface area contributed by atoms with E-state index in [0.717, 1.165) is 45.1 Å². The average Bonchev–Trinajstić information content (AvgIpc) is 3.23. The molecule has 0 amide bonds. The first-order chi connectivity index (χ1) is 11.7. The number of rotatable bonds is 4. The third-order valence-electron chi connectivity index (χ3n) is 5.05. The minimum Gasteiger partial charge on any atom is -0.312 e. The Labute approximate surface area is 147 Å². The van der Waals surface area contributed by atoms with Crippen LogP contribution in [0.15, 0.2) is 5.38 Å². The van der Waals surface area contributed by atoms with Crippen molar-refractivity contribution in [1.82, 2.24) is 30.0 Å². The molecule has 0 aromatic carbocycles. The Hall–Kier alpha value is -1.31. The molecule has 2 aliphatic rings. The van der Waals surface area contributed by atoms with E-state index in [2.05, 4.69) is 44.2 Å². The van der Waals surface area contributed by atoms with Gasteiger partial charge in [-0.1, -0.05) is 13.8 Å². The van der Waals surface area contributed by atoms with Gasteiger partial charge in [-0.25, -0.2) is 4.98 Å². The third-order valence-corrected chi connectivity index (χ3v) is 6.25. The van der Waals surface area contributed by atoms with E-state index >= 15 is 0 Å². The molecule has 24 heavy (non-hydrogen) atoms. The molecule has 1 fully saturated rings. The topological polar surface area (TPSA) is 58.9 Å². The maximum atomic E-state index is 4.77. The number of piperidine rings is 1. The fourth-order valence-corrected chi connectivity index (χ4v) is 4.48. The van der Waals surface area contributed by atoms with Gasteiger partial charge in [0.2, 0.25) is 0 Å². The van der Waals surface area contributed by atoms with Crippen LogP contribution in [0.3, 0.4) is 0 Å². The smallest absolute Gasteiger partial charge is 0.147 e. The van der Waals surface area contributed by atoms with Gasteiger partial charge in [0, 0.05) is 36.9 Å². The second kappa shape index (κ2) is 6.90. The summed E-state index contributed by atoms with van der Waals surface area (Å²) in [5.41, 5.74) is 1.23. The largest absolute Gasteiger partial charge is 0.312 e. The fraction of sp³-hybridized carbons (Fsp3) is 0.706. The van der Waals surface area contributed by atoms with Gasteiger partial charge >= 0.3 is 0 Å². The van der Waals surface area contributed by atoms with Gasteiger partial charge in [0.25, 0.3) is 0 Å². The van der Waals surface area contributed by atoms with Crippen molar-refractivity contribution in [3.63, 3.8) is 0 Å². The molecule has 130 valence electrons. The van der Waals surface area contributed by atoms with E-state index in [4.69, 9.17) is 4.98 Å². The van der Waals surface area contributed by atoms with E-state index in [1.54, 1.807) is 11.3 Å². The van der Waals surface area contributed by atoms with Crippen LogP contribution in [0.2, 0.25) is 0 Å². The van der Waals surface area contributed by atoms with Crippen molar-refractivity contribution in [3.05, 3.63) is 27.7 Å². The van der Waals surface area contributed by atoms with Gasteiger partial charge in [-0.05, 0) is 25.9 Å². The molecule has 0 saturated carbocycles. The maximum absolute atomic E-state index is 4.77. The van der Waals surface area contributed by atoms with Crippen molar-refractivity contribution in [1.29, 1.82) is 0 Å². The van der Waals surface area contributed by atoms with Gasteiger partial charge in [-0.2, -0.15) is 0 Å². The highest BCUT2D eigenvalue weighted by atomic mass is 32.1. The standard InChI is InChI=1S/C17H26N6S/c1-12(2)17-19-14(11-24-17)10-22-6-3-13(4-7-22)16-21-20-15-9-18-5-8-23(15)16/h11-13,18H,3-10H2,1-2H3. The normalized spacial score (nSPS) is 19.8. The number of aromatic nitrogens is 4. The highest BCUT2D eigenvalue weighted by molar-refractivity contribution is 7.09. The second-order valence-electron chi connectivity index (χ2n) is 7.19. The zero-order valence-electron chi connectivity index (χ0n) is 14.5. The van der Waals surface area contributed by atoms with Crippen LogP contribution in [0.4, 0.5) is 0 Å². The summed E-state index contributed by atoms with van der Waals surface area (Å²) in [6.07, 6.45) is 2.35. The van der Waals surface area contributed by atoms with Crippen LogP contribution in [0.1, 0.15) is 60.9 Å². The zero-order valence-corrected chi connectivity index (χ0v) is 15.3. The van der Waals surface area contributed by atoms with Crippen LogP contribution < -0.4 is 5.32 Å². The Morgan fingerprint density at radius 3 is 2.83 bits per heavy atom. The number of hydrogen-bond acceptors (Lipinski definition) is 6. The van der Waals surface area contributed by atoms with Gasteiger partial charge in [-0.3, -0.25) is 4.90 Å². The number of thiazole rings is 1. The predicted octanol–water partition coefficient (Wildman–Crippen LogP) is 2.34. The van der Waals surface area contributed by atoms with Gasteiger partial charge in [0.05, 0.1) is 17.2 Å². The van der Waals surface area contributed by atoms with Crippen LogP contribution in [0.5, 0.6) is 0 Å². The summed E-state index contributed by atoms with van der Waals surface area (Å²) in [5, 5.41) is 15.7. The van der Waals surface area contributed by atoms with Crippen molar-refractivity contribution >= 4 is 11.3 Å². The van der Waals surface area contributed by atoms with E-state index in [9.17, 15) is 0 Å². The van der Waals surface area contributed by atoms with Crippen LogP contribution >= 0.6 is 11.3 Å². The average molecular weight is 347 g/mol. The van der Waals surface area contributed by atoms with Crippen LogP contribution in [-0.2, 0) is 19.6 Å². The van der Waals surface area contributed by atoms with E-state index in [1.165, 1.54) is 29.4 Å². The molecule has 0 unspecified atom stereocenters.